The van der Waals surface area contributed by atoms with Gasteiger partial charge in [-0.15, -0.1) is 6.58 Å². The van der Waals surface area contributed by atoms with Crippen LogP contribution in [-0.4, -0.2) is 70.8 Å². The van der Waals surface area contributed by atoms with E-state index in [0.717, 1.165) is 0 Å². The zero-order valence-electron chi connectivity index (χ0n) is 20.0. The molecular formula is C26H31ClN2O6. The lowest BCUT2D eigenvalue weighted by Crippen LogP contribution is -2.58. The number of rotatable bonds is 9. The van der Waals surface area contributed by atoms with E-state index in [1.165, 1.54) is 15.9 Å². The molecule has 188 valence electrons. The Morgan fingerprint density at radius 2 is 2.00 bits per heavy atom. The van der Waals surface area contributed by atoms with E-state index in [1.807, 2.05) is 0 Å². The van der Waals surface area contributed by atoms with Gasteiger partial charge in [0.2, 0.25) is 5.91 Å². The zero-order chi connectivity index (χ0) is 25.5. The second-order valence-electron chi connectivity index (χ2n) is 9.64. The van der Waals surface area contributed by atoms with Crippen LogP contribution in [0, 0.1) is 11.8 Å². The van der Waals surface area contributed by atoms with E-state index in [9.17, 15) is 19.5 Å². The van der Waals surface area contributed by atoms with Crippen LogP contribution in [-0.2, 0) is 23.9 Å². The highest BCUT2D eigenvalue weighted by Gasteiger charge is 2.79. The van der Waals surface area contributed by atoms with Crippen molar-refractivity contribution in [3.63, 3.8) is 0 Å². The first-order valence-electron chi connectivity index (χ1n) is 11.7. The second-order valence-corrected chi connectivity index (χ2v) is 10.1. The number of hydrogen-bond acceptors (Lipinski definition) is 6. The molecule has 6 atom stereocenters. The Hall–Kier alpha value is -2.68. The van der Waals surface area contributed by atoms with Gasteiger partial charge in [0.1, 0.15) is 24.2 Å². The molecule has 4 rings (SSSR count). The summed E-state index contributed by atoms with van der Waals surface area (Å²) in [7, 11) is 0. The third-order valence-electron chi connectivity index (χ3n) is 7.50. The summed E-state index contributed by atoms with van der Waals surface area (Å²) >= 11 is 6.05. The van der Waals surface area contributed by atoms with Crippen LogP contribution in [0.4, 0.5) is 5.69 Å². The van der Waals surface area contributed by atoms with Gasteiger partial charge < -0.3 is 24.4 Å². The van der Waals surface area contributed by atoms with E-state index in [2.05, 4.69) is 13.2 Å². The third-order valence-corrected chi connectivity index (χ3v) is 7.75. The minimum Gasteiger partial charge on any atom is -0.461 e. The molecular weight excluding hydrogens is 472 g/mol. The highest BCUT2D eigenvalue weighted by Crippen LogP contribution is 2.63. The maximum atomic E-state index is 14.2. The van der Waals surface area contributed by atoms with Gasteiger partial charge in [-0.1, -0.05) is 30.3 Å². The van der Waals surface area contributed by atoms with Crippen molar-refractivity contribution < 1.29 is 29.0 Å². The van der Waals surface area contributed by atoms with Crippen LogP contribution in [0.1, 0.15) is 26.7 Å². The van der Waals surface area contributed by atoms with Crippen molar-refractivity contribution in [2.45, 2.75) is 50.0 Å². The molecule has 0 saturated carbocycles. The average Bonchev–Trinajstić information content (AvgIpc) is 3.41. The van der Waals surface area contributed by atoms with Crippen molar-refractivity contribution in [2.75, 3.05) is 24.7 Å². The first-order valence-corrected chi connectivity index (χ1v) is 12.1. The molecule has 1 N–H and O–H groups in total. The summed E-state index contributed by atoms with van der Waals surface area (Å²) in [6.07, 6.45) is 3.99. The van der Waals surface area contributed by atoms with Gasteiger partial charge in [0.05, 0.1) is 24.2 Å². The van der Waals surface area contributed by atoms with E-state index in [-0.39, 0.29) is 31.6 Å². The summed E-state index contributed by atoms with van der Waals surface area (Å²) in [6.45, 7) is 10.7. The molecule has 3 aliphatic heterocycles. The summed E-state index contributed by atoms with van der Waals surface area (Å²) in [5, 5.41) is 10.5. The predicted molar refractivity (Wildman–Crippen MR) is 131 cm³/mol. The molecule has 0 radical (unpaired) electrons. The number of likely N-dealkylation sites (tertiary alicyclic amines) is 1. The number of aliphatic hydroxyl groups is 1. The van der Waals surface area contributed by atoms with Crippen LogP contribution >= 0.6 is 11.6 Å². The lowest BCUT2D eigenvalue weighted by Gasteiger charge is -2.38. The number of anilines is 1. The average molecular weight is 503 g/mol. The maximum Gasteiger partial charge on any atom is 0.313 e. The second kappa shape index (κ2) is 9.41. The molecule has 3 aliphatic rings. The Kier molecular flexibility index (Phi) is 6.83. The number of fused-ring (bicyclic) bond motifs is 1. The Balaban J connectivity index is 1.80. The molecule has 35 heavy (non-hydrogen) atoms. The summed E-state index contributed by atoms with van der Waals surface area (Å²) < 4.78 is 11.9. The number of amides is 2. The highest BCUT2D eigenvalue weighted by molar-refractivity contribution is 6.30. The Bertz CT molecular complexity index is 1040. The Morgan fingerprint density at radius 3 is 2.60 bits per heavy atom. The van der Waals surface area contributed by atoms with Crippen molar-refractivity contribution in [2.24, 2.45) is 11.8 Å². The molecule has 1 spiro atoms. The van der Waals surface area contributed by atoms with Gasteiger partial charge in [-0.2, -0.15) is 0 Å². The molecule has 0 aromatic heterocycles. The summed E-state index contributed by atoms with van der Waals surface area (Å²) in [5.41, 5.74) is -1.56. The first kappa shape index (κ1) is 25.4. The van der Waals surface area contributed by atoms with Gasteiger partial charge in [0, 0.05) is 17.3 Å². The van der Waals surface area contributed by atoms with Crippen molar-refractivity contribution in [3.8, 4) is 0 Å². The van der Waals surface area contributed by atoms with E-state index in [4.69, 9.17) is 21.1 Å². The topological polar surface area (TPSA) is 96.4 Å². The van der Waals surface area contributed by atoms with Gasteiger partial charge in [-0.05, 0) is 51.0 Å². The summed E-state index contributed by atoms with van der Waals surface area (Å²) in [5.74, 6) is -3.05. The van der Waals surface area contributed by atoms with Crippen molar-refractivity contribution in [1.82, 2.24) is 4.90 Å². The lowest BCUT2D eigenvalue weighted by molar-refractivity contribution is -0.159. The smallest absolute Gasteiger partial charge is 0.313 e. The molecule has 2 amide bonds. The zero-order valence-corrected chi connectivity index (χ0v) is 20.7. The number of nitrogens with zero attached hydrogens (tertiary/aromatic N) is 2. The Labute approximate surface area is 210 Å². The van der Waals surface area contributed by atoms with Gasteiger partial charge in [0.25, 0.3) is 5.91 Å². The maximum absolute atomic E-state index is 14.2. The monoisotopic (exact) mass is 502 g/mol. The van der Waals surface area contributed by atoms with Crippen LogP contribution in [0.3, 0.4) is 0 Å². The van der Waals surface area contributed by atoms with E-state index in [0.29, 0.717) is 23.6 Å². The van der Waals surface area contributed by atoms with Crippen molar-refractivity contribution >= 4 is 35.1 Å². The largest absolute Gasteiger partial charge is 0.461 e. The van der Waals surface area contributed by atoms with Crippen molar-refractivity contribution in [3.05, 3.63) is 54.6 Å². The SMILES string of the molecule is C=CCOC(=O)[C@@H]1[C@H]2C(=O)N([C@H](C)CO)C(C(=O)N(CC=C)c3ccc(Cl)cc3)C23CC[C@@]1(C)O3. The predicted octanol–water partition coefficient (Wildman–Crippen LogP) is 2.73. The third kappa shape index (κ3) is 3.88. The van der Waals surface area contributed by atoms with Gasteiger partial charge in [-0.3, -0.25) is 14.4 Å². The number of ether oxygens (including phenoxy) is 2. The minimum absolute atomic E-state index is 0.0160. The molecule has 2 bridgehead atoms. The number of hydrogen-bond donors (Lipinski definition) is 1. The van der Waals surface area contributed by atoms with Crippen LogP contribution < -0.4 is 4.90 Å². The fourth-order valence-corrected chi connectivity index (χ4v) is 6.14. The number of carbonyl (C=O) groups excluding carboxylic acids is 3. The molecule has 3 saturated heterocycles. The lowest BCUT2D eigenvalue weighted by atomic mass is 9.66. The normalized spacial score (nSPS) is 31.7. The number of esters is 1. The molecule has 2 unspecified atom stereocenters. The summed E-state index contributed by atoms with van der Waals surface area (Å²) in [6, 6.07) is 5.11. The fourth-order valence-electron chi connectivity index (χ4n) is 6.01. The van der Waals surface area contributed by atoms with Crippen LogP contribution in [0.2, 0.25) is 5.02 Å². The highest BCUT2D eigenvalue weighted by atomic mass is 35.5. The van der Waals surface area contributed by atoms with Gasteiger partial charge >= 0.3 is 5.97 Å². The van der Waals surface area contributed by atoms with Gasteiger partial charge in [0.15, 0.2) is 0 Å². The Morgan fingerprint density at radius 1 is 1.31 bits per heavy atom. The standard InChI is InChI=1S/C26H31ClN2O6/c1-5-13-28(18-9-7-17(27)8-10-18)23(32)21-26-12-11-25(4,35-26)20(24(33)34-14-6-2)19(26)22(31)29(21)16(3)15-30/h5-10,16,19-21,30H,1-2,11-15H2,3-4H3/t16-,19+,20+,21?,25-,26?/m1/s1. The number of carbonyl (C=O) groups is 3. The van der Waals surface area contributed by atoms with Crippen LogP contribution in [0.5, 0.6) is 0 Å². The molecule has 3 fully saturated rings. The molecule has 1 aromatic carbocycles. The van der Waals surface area contributed by atoms with Gasteiger partial charge in [-0.25, -0.2) is 0 Å². The molecule has 9 heteroatoms. The fraction of sp³-hybridized carbons (Fsp3) is 0.500. The van der Waals surface area contributed by atoms with Crippen LogP contribution in [0.15, 0.2) is 49.6 Å². The first-order chi connectivity index (χ1) is 16.6. The number of halogens is 1. The van der Waals surface area contributed by atoms with Crippen LogP contribution in [0.25, 0.3) is 0 Å². The minimum atomic E-state index is -1.21. The van der Waals surface area contributed by atoms with Crippen molar-refractivity contribution in [1.29, 1.82) is 0 Å². The number of aliphatic hydroxyl groups excluding tert-OH is 1. The van der Waals surface area contributed by atoms with E-state index in [1.54, 1.807) is 44.2 Å². The summed E-state index contributed by atoms with van der Waals surface area (Å²) in [4.78, 5) is 44.1. The van der Waals surface area contributed by atoms with E-state index >= 15 is 0 Å². The van der Waals surface area contributed by atoms with E-state index < -0.39 is 41.1 Å². The molecule has 0 aliphatic carbocycles. The molecule has 8 nitrogen and oxygen atoms in total. The number of benzene rings is 1. The quantitative estimate of drug-likeness (QED) is 0.412. The molecule has 3 heterocycles. The molecule has 1 aromatic rings.